The molecule has 0 N–H and O–H groups in total. The Labute approximate surface area is 134 Å². The minimum Gasteiger partial charge on any atom is -0.465 e. The van der Waals surface area contributed by atoms with Gasteiger partial charge in [0.25, 0.3) is 0 Å². The van der Waals surface area contributed by atoms with E-state index in [1.807, 2.05) is 0 Å². The Balaban J connectivity index is 3.06. The Morgan fingerprint density at radius 2 is 1.86 bits per heavy atom. The first-order valence-corrected chi connectivity index (χ1v) is 9.21. The van der Waals surface area contributed by atoms with Crippen LogP contribution in [0.3, 0.4) is 0 Å². The van der Waals surface area contributed by atoms with Crippen molar-refractivity contribution in [1.29, 1.82) is 0 Å². The molecule has 0 aliphatic heterocycles. The zero-order chi connectivity index (χ0) is 16.0. The summed E-state index contributed by atoms with van der Waals surface area (Å²) in [6, 6.07) is 6.24. The average Bonchev–Trinajstić information content (AvgIpc) is 2.44. The molecule has 0 spiro atoms. The van der Waals surface area contributed by atoms with E-state index in [4.69, 9.17) is 4.74 Å². The minimum absolute atomic E-state index is 0.171. The quantitative estimate of drug-likeness (QED) is 0.540. The molecule has 0 bridgehead atoms. The number of halogens is 1. The minimum atomic E-state index is -3.72. The van der Waals surface area contributed by atoms with Crippen LogP contribution in [-0.2, 0) is 24.9 Å². The number of esters is 1. The second kappa shape index (κ2) is 7.91. The molecule has 21 heavy (non-hydrogen) atoms. The second-order valence-electron chi connectivity index (χ2n) is 4.73. The van der Waals surface area contributed by atoms with Crippen LogP contribution in [0.5, 0.6) is 0 Å². The van der Waals surface area contributed by atoms with Gasteiger partial charge in [-0.2, -0.15) is 4.31 Å². The van der Waals surface area contributed by atoms with Gasteiger partial charge in [0.05, 0.1) is 11.5 Å². The molecular formula is C14H20BrNO4S. The topological polar surface area (TPSA) is 63.7 Å². The highest BCUT2D eigenvalue weighted by molar-refractivity contribution is 9.08. The second-order valence-corrected chi connectivity index (χ2v) is 7.18. The largest absolute Gasteiger partial charge is 0.465 e. The summed E-state index contributed by atoms with van der Waals surface area (Å²) in [5.74, 6) is -0.549. The predicted molar refractivity (Wildman–Crippen MR) is 84.7 cm³/mol. The maximum Gasteiger partial charge on any atom is 0.321 e. The fourth-order valence-electron chi connectivity index (χ4n) is 1.76. The Morgan fingerprint density at radius 3 is 2.29 bits per heavy atom. The monoisotopic (exact) mass is 377 g/mol. The predicted octanol–water partition coefficient (Wildman–Crippen LogP) is 2.54. The van der Waals surface area contributed by atoms with E-state index in [0.717, 1.165) is 9.87 Å². The number of sulfonamides is 1. The number of benzene rings is 1. The molecule has 0 atom stereocenters. The molecule has 0 unspecified atom stereocenters. The third-order valence-electron chi connectivity index (χ3n) is 2.85. The average molecular weight is 378 g/mol. The highest BCUT2D eigenvalue weighted by Crippen LogP contribution is 2.19. The van der Waals surface area contributed by atoms with E-state index < -0.39 is 16.0 Å². The van der Waals surface area contributed by atoms with Crippen LogP contribution in [0.4, 0.5) is 0 Å². The molecule has 1 aromatic rings. The first kappa shape index (κ1) is 18.1. The van der Waals surface area contributed by atoms with Crippen molar-refractivity contribution in [2.75, 3.05) is 13.2 Å². The van der Waals surface area contributed by atoms with E-state index in [1.54, 1.807) is 45.0 Å². The summed E-state index contributed by atoms with van der Waals surface area (Å²) in [6.45, 7) is 5.08. The molecular weight excluding hydrogens is 358 g/mol. The van der Waals surface area contributed by atoms with E-state index in [1.165, 1.54) is 0 Å². The van der Waals surface area contributed by atoms with Gasteiger partial charge < -0.3 is 4.74 Å². The molecule has 0 saturated carbocycles. The molecule has 0 saturated heterocycles. The molecule has 5 nitrogen and oxygen atoms in total. The van der Waals surface area contributed by atoms with Gasteiger partial charge in [0, 0.05) is 11.4 Å². The van der Waals surface area contributed by atoms with Gasteiger partial charge in [0.15, 0.2) is 0 Å². The number of ether oxygens (including phenoxy) is 1. The van der Waals surface area contributed by atoms with Crippen LogP contribution in [0.15, 0.2) is 29.2 Å². The van der Waals surface area contributed by atoms with Crippen LogP contribution in [0.25, 0.3) is 0 Å². The number of rotatable bonds is 7. The maximum absolute atomic E-state index is 12.6. The molecule has 0 aliphatic rings. The van der Waals surface area contributed by atoms with Crippen LogP contribution in [0.1, 0.15) is 26.3 Å². The molecule has 0 aromatic heterocycles. The van der Waals surface area contributed by atoms with Crippen molar-refractivity contribution in [3.8, 4) is 0 Å². The molecule has 0 fully saturated rings. The zero-order valence-electron chi connectivity index (χ0n) is 12.4. The van der Waals surface area contributed by atoms with Crippen molar-refractivity contribution in [3.05, 3.63) is 29.8 Å². The lowest BCUT2D eigenvalue weighted by Gasteiger charge is -2.25. The van der Waals surface area contributed by atoms with Gasteiger partial charge in [-0.15, -0.1) is 0 Å². The normalized spacial score (nSPS) is 11.9. The summed E-state index contributed by atoms with van der Waals surface area (Å²) in [7, 11) is -3.72. The third-order valence-corrected chi connectivity index (χ3v) is 5.53. The molecule has 0 radical (unpaired) electrons. The molecule has 0 amide bonds. The highest BCUT2D eigenvalue weighted by atomic mass is 79.9. The molecule has 118 valence electrons. The van der Waals surface area contributed by atoms with Crippen molar-refractivity contribution in [2.24, 2.45) is 0 Å². The van der Waals surface area contributed by atoms with Gasteiger partial charge in [-0.1, -0.05) is 28.1 Å². The van der Waals surface area contributed by atoms with Gasteiger partial charge in [0.1, 0.15) is 6.54 Å². The van der Waals surface area contributed by atoms with E-state index in [-0.39, 0.29) is 24.1 Å². The fourth-order valence-corrected chi connectivity index (χ4v) is 3.72. The lowest BCUT2D eigenvalue weighted by atomic mass is 10.2. The summed E-state index contributed by atoms with van der Waals surface area (Å²) in [5, 5.41) is 0.657. The Morgan fingerprint density at radius 1 is 1.29 bits per heavy atom. The Kier molecular flexibility index (Phi) is 6.83. The molecule has 1 rings (SSSR count). The maximum atomic E-state index is 12.6. The van der Waals surface area contributed by atoms with Crippen LogP contribution in [0, 0.1) is 0 Å². The summed E-state index contributed by atoms with van der Waals surface area (Å²) in [4.78, 5) is 11.8. The van der Waals surface area contributed by atoms with Gasteiger partial charge >= 0.3 is 5.97 Å². The third kappa shape index (κ3) is 4.79. The Bertz CT molecular complexity index is 569. The van der Waals surface area contributed by atoms with Gasteiger partial charge in [0.2, 0.25) is 10.0 Å². The summed E-state index contributed by atoms with van der Waals surface area (Å²) < 4.78 is 31.2. The molecule has 7 heteroatoms. The standard InChI is InChI=1S/C14H20BrNO4S/c1-4-20-14(17)10-16(11(2)3)21(18,19)13-7-5-12(9-15)6-8-13/h5-8,11H,4,9-10H2,1-3H3. The number of alkyl halides is 1. The lowest BCUT2D eigenvalue weighted by Crippen LogP contribution is -2.41. The van der Waals surface area contributed by atoms with Crippen molar-refractivity contribution in [2.45, 2.75) is 37.0 Å². The number of hydrogen-bond acceptors (Lipinski definition) is 4. The van der Waals surface area contributed by atoms with Crippen molar-refractivity contribution >= 4 is 31.9 Å². The molecule has 1 aromatic carbocycles. The van der Waals surface area contributed by atoms with Gasteiger partial charge in [-0.25, -0.2) is 8.42 Å². The molecule has 0 heterocycles. The number of nitrogens with zero attached hydrogens (tertiary/aromatic N) is 1. The van der Waals surface area contributed by atoms with Crippen molar-refractivity contribution in [3.63, 3.8) is 0 Å². The zero-order valence-corrected chi connectivity index (χ0v) is 14.8. The highest BCUT2D eigenvalue weighted by Gasteiger charge is 2.29. The first-order chi connectivity index (χ1) is 9.82. The van der Waals surface area contributed by atoms with Crippen LogP contribution in [0.2, 0.25) is 0 Å². The number of carbonyl (C=O) groups excluding carboxylic acids is 1. The van der Waals surface area contributed by atoms with Gasteiger partial charge in [-0.05, 0) is 38.5 Å². The van der Waals surface area contributed by atoms with Crippen molar-refractivity contribution < 1.29 is 17.9 Å². The van der Waals surface area contributed by atoms with E-state index in [2.05, 4.69) is 15.9 Å². The number of carbonyl (C=O) groups is 1. The number of hydrogen-bond donors (Lipinski definition) is 0. The van der Waals surface area contributed by atoms with E-state index >= 15 is 0 Å². The molecule has 0 aliphatic carbocycles. The fraction of sp³-hybridized carbons (Fsp3) is 0.500. The van der Waals surface area contributed by atoms with Crippen LogP contribution >= 0.6 is 15.9 Å². The summed E-state index contributed by atoms with van der Waals surface area (Å²) in [5.41, 5.74) is 0.982. The smallest absolute Gasteiger partial charge is 0.321 e. The van der Waals surface area contributed by atoms with Crippen LogP contribution in [-0.4, -0.2) is 37.9 Å². The summed E-state index contributed by atoms with van der Waals surface area (Å²) >= 11 is 3.31. The first-order valence-electron chi connectivity index (χ1n) is 6.65. The lowest BCUT2D eigenvalue weighted by molar-refractivity contribution is -0.143. The van der Waals surface area contributed by atoms with E-state index in [0.29, 0.717) is 5.33 Å². The summed E-state index contributed by atoms with van der Waals surface area (Å²) in [6.07, 6.45) is 0. The van der Waals surface area contributed by atoms with Gasteiger partial charge in [-0.3, -0.25) is 4.79 Å². The van der Waals surface area contributed by atoms with Crippen LogP contribution < -0.4 is 0 Å². The van der Waals surface area contributed by atoms with E-state index in [9.17, 15) is 13.2 Å². The SMILES string of the molecule is CCOC(=O)CN(C(C)C)S(=O)(=O)c1ccc(CBr)cc1. The Hall–Kier alpha value is -0.920. The van der Waals surface area contributed by atoms with Crippen molar-refractivity contribution in [1.82, 2.24) is 4.31 Å².